The number of aryl methyl sites for hydroxylation is 1. The van der Waals surface area contributed by atoms with Gasteiger partial charge in [0.1, 0.15) is 6.10 Å². The van der Waals surface area contributed by atoms with Crippen molar-refractivity contribution in [3.63, 3.8) is 0 Å². The van der Waals surface area contributed by atoms with Crippen LogP contribution in [0.25, 0.3) is 11.3 Å². The van der Waals surface area contributed by atoms with E-state index in [1.807, 2.05) is 28.8 Å². The van der Waals surface area contributed by atoms with E-state index in [9.17, 15) is 4.79 Å². The first-order valence-corrected chi connectivity index (χ1v) is 9.26. The molecule has 2 saturated heterocycles. The van der Waals surface area contributed by atoms with Crippen molar-refractivity contribution in [2.45, 2.75) is 25.5 Å². The van der Waals surface area contributed by atoms with Crippen molar-refractivity contribution in [1.82, 2.24) is 24.6 Å². The third-order valence-corrected chi connectivity index (χ3v) is 5.14. The van der Waals surface area contributed by atoms with Gasteiger partial charge >= 0.3 is 0 Å². The molecule has 2 aromatic rings. The molecular weight excluding hydrogens is 330 g/mol. The molecule has 7 heteroatoms. The summed E-state index contributed by atoms with van der Waals surface area (Å²) in [5.41, 5.74) is 3.30. The zero-order valence-electron chi connectivity index (χ0n) is 15.2. The van der Waals surface area contributed by atoms with Crippen LogP contribution in [-0.2, 0) is 23.1 Å². The maximum absolute atomic E-state index is 12.5. The van der Waals surface area contributed by atoms with Crippen molar-refractivity contribution < 1.29 is 9.53 Å². The van der Waals surface area contributed by atoms with Crippen molar-refractivity contribution in [2.75, 3.05) is 32.8 Å². The molecular formula is C19H25N5O2. The number of pyridine rings is 1. The standard InChI is InChI=1S/C19H25N5O2/c1-22-13-16(18(21-22)15-4-6-20-7-5-15)14-23-8-10-24(11-9-23)19(25)17-3-2-12-26-17/h4-7,13,17H,2-3,8-12,14H2,1H3. The van der Waals surface area contributed by atoms with Gasteiger partial charge in [-0.25, -0.2) is 0 Å². The lowest BCUT2D eigenvalue weighted by Crippen LogP contribution is -2.51. The smallest absolute Gasteiger partial charge is 0.251 e. The summed E-state index contributed by atoms with van der Waals surface area (Å²) in [5.74, 6) is 0.168. The number of nitrogens with zero attached hydrogens (tertiary/aromatic N) is 5. The van der Waals surface area contributed by atoms with Crippen LogP contribution in [0.3, 0.4) is 0 Å². The highest BCUT2D eigenvalue weighted by molar-refractivity contribution is 5.81. The summed E-state index contributed by atoms with van der Waals surface area (Å²) in [7, 11) is 1.95. The highest BCUT2D eigenvalue weighted by atomic mass is 16.5. The van der Waals surface area contributed by atoms with Crippen LogP contribution in [0.2, 0.25) is 0 Å². The molecule has 4 heterocycles. The molecule has 0 aliphatic carbocycles. The summed E-state index contributed by atoms with van der Waals surface area (Å²) in [5, 5.41) is 4.62. The molecule has 2 aromatic heterocycles. The average molecular weight is 355 g/mol. The highest BCUT2D eigenvalue weighted by Gasteiger charge is 2.30. The SMILES string of the molecule is Cn1cc(CN2CCN(C(=O)C3CCCO3)CC2)c(-c2ccncc2)n1. The largest absolute Gasteiger partial charge is 0.368 e. The zero-order valence-corrected chi connectivity index (χ0v) is 15.2. The Labute approximate surface area is 153 Å². The number of piperazine rings is 1. The molecule has 7 nitrogen and oxygen atoms in total. The van der Waals surface area contributed by atoms with Crippen LogP contribution in [0.15, 0.2) is 30.7 Å². The Morgan fingerprint density at radius 2 is 2.00 bits per heavy atom. The van der Waals surface area contributed by atoms with E-state index in [1.165, 1.54) is 5.56 Å². The number of carbonyl (C=O) groups is 1. The van der Waals surface area contributed by atoms with Gasteiger partial charge in [-0.1, -0.05) is 0 Å². The van der Waals surface area contributed by atoms with Crippen molar-refractivity contribution >= 4 is 5.91 Å². The maximum atomic E-state index is 12.5. The van der Waals surface area contributed by atoms with E-state index in [0.717, 1.165) is 63.4 Å². The highest BCUT2D eigenvalue weighted by Crippen LogP contribution is 2.23. The monoisotopic (exact) mass is 355 g/mol. The molecule has 0 bridgehead atoms. The minimum Gasteiger partial charge on any atom is -0.368 e. The minimum atomic E-state index is -0.210. The molecule has 2 aliphatic rings. The summed E-state index contributed by atoms with van der Waals surface area (Å²) < 4.78 is 7.40. The Bertz CT molecular complexity index is 747. The van der Waals surface area contributed by atoms with Crippen molar-refractivity contribution in [2.24, 2.45) is 7.05 Å². The predicted molar refractivity (Wildman–Crippen MR) is 97.3 cm³/mol. The van der Waals surface area contributed by atoms with Gasteiger partial charge in [0.25, 0.3) is 5.91 Å². The summed E-state index contributed by atoms with van der Waals surface area (Å²) >= 11 is 0. The van der Waals surface area contributed by atoms with Gasteiger partial charge in [-0.2, -0.15) is 5.10 Å². The first-order valence-electron chi connectivity index (χ1n) is 9.26. The molecule has 2 aliphatic heterocycles. The van der Waals surface area contributed by atoms with Crippen molar-refractivity contribution in [3.05, 3.63) is 36.3 Å². The lowest BCUT2D eigenvalue weighted by Gasteiger charge is -2.35. The summed E-state index contributed by atoms with van der Waals surface area (Å²) in [6.07, 6.45) is 7.32. The number of amides is 1. The van der Waals surface area contributed by atoms with E-state index in [-0.39, 0.29) is 12.0 Å². The lowest BCUT2D eigenvalue weighted by molar-refractivity contribution is -0.142. The number of carbonyl (C=O) groups excluding carboxylic acids is 1. The molecule has 0 aromatic carbocycles. The fourth-order valence-electron chi connectivity index (χ4n) is 3.75. The van der Waals surface area contributed by atoms with Crippen LogP contribution < -0.4 is 0 Å². The van der Waals surface area contributed by atoms with Crippen molar-refractivity contribution in [3.8, 4) is 11.3 Å². The Morgan fingerprint density at radius 1 is 1.23 bits per heavy atom. The first kappa shape index (κ1) is 17.2. The van der Waals surface area contributed by atoms with E-state index in [1.54, 1.807) is 12.4 Å². The van der Waals surface area contributed by atoms with Gasteiger partial charge in [0.05, 0.1) is 5.69 Å². The predicted octanol–water partition coefficient (Wildman–Crippen LogP) is 1.31. The Hall–Kier alpha value is -2.25. The quantitative estimate of drug-likeness (QED) is 0.827. The normalized spacial score (nSPS) is 21.3. The van der Waals surface area contributed by atoms with Crippen LogP contribution in [0.4, 0.5) is 0 Å². The molecule has 2 fully saturated rings. The molecule has 4 rings (SSSR count). The molecule has 1 amide bonds. The third-order valence-electron chi connectivity index (χ3n) is 5.14. The Balaban J connectivity index is 1.38. The molecule has 0 radical (unpaired) electrons. The fraction of sp³-hybridized carbons (Fsp3) is 0.526. The van der Waals surface area contributed by atoms with Gasteiger partial charge < -0.3 is 9.64 Å². The minimum absolute atomic E-state index is 0.168. The maximum Gasteiger partial charge on any atom is 0.251 e. The van der Waals surface area contributed by atoms with E-state index in [4.69, 9.17) is 4.74 Å². The second-order valence-corrected chi connectivity index (χ2v) is 7.02. The molecule has 0 saturated carbocycles. The first-order chi connectivity index (χ1) is 12.7. The second kappa shape index (κ2) is 7.55. The fourth-order valence-corrected chi connectivity index (χ4v) is 3.75. The van der Waals surface area contributed by atoms with Crippen LogP contribution >= 0.6 is 0 Å². The van der Waals surface area contributed by atoms with Crippen molar-refractivity contribution in [1.29, 1.82) is 0 Å². The van der Waals surface area contributed by atoms with Gasteiger partial charge in [0.15, 0.2) is 0 Å². The van der Waals surface area contributed by atoms with E-state index >= 15 is 0 Å². The molecule has 0 N–H and O–H groups in total. The van der Waals surface area contributed by atoms with Gasteiger partial charge in [0, 0.05) is 76.1 Å². The van der Waals surface area contributed by atoms with Crippen LogP contribution in [0.5, 0.6) is 0 Å². The van der Waals surface area contributed by atoms with E-state index in [2.05, 4.69) is 21.2 Å². The number of aromatic nitrogens is 3. The zero-order chi connectivity index (χ0) is 17.9. The van der Waals surface area contributed by atoms with Gasteiger partial charge in [-0.15, -0.1) is 0 Å². The molecule has 138 valence electrons. The number of hydrogen-bond acceptors (Lipinski definition) is 5. The summed E-state index contributed by atoms with van der Waals surface area (Å²) in [4.78, 5) is 20.9. The average Bonchev–Trinajstić information content (AvgIpc) is 3.32. The van der Waals surface area contributed by atoms with Crippen LogP contribution in [-0.4, -0.2) is 69.4 Å². The summed E-state index contributed by atoms with van der Waals surface area (Å²) in [6, 6.07) is 3.98. The number of hydrogen-bond donors (Lipinski definition) is 0. The second-order valence-electron chi connectivity index (χ2n) is 7.02. The van der Waals surface area contributed by atoms with Gasteiger partial charge in [0.2, 0.25) is 0 Å². The van der Waals surface area contributed by atoms with E-state index in [0.29, 0.717) is 0 Å². The number of ether oxygens (including phenoxy) is 1. The van der Waals surface area contributed by atoms with Gasteiger partial charge in [-0.3, -0.25) is 19.4 Å². The van der Waals surface area contributed by atoms with E-state index < -0.39 is 0 Å². The summed E-state index contributed by atoms with van der Waals surface area (Å²) in [6.45, 7) is 4.85. The molecule has 26 heavy (non-hydrogen) atoms. The van der Waals surface area contributed by atoms with Gasteiger partial charge in [-0.05, 0) is 25.0 Å². The Kier molecular flexibility index (Phi) is 4.99. The molecule has 0 spiro atoms. The van der Waals surface area contributed by atoms with Crippen LogP contribution in [0, 0.1) is 0 Å². The number of rotatable bonds is 4. The molecule has 1 atom stereocenters. The molecule has 1 unspecified atom stereocenters. The van der Waals surface area contributed by atoms with Crippen LogP contribution in [0.1, 0.15) is 18.4 Å². The lowest BCUT2D eigenvalue weighted by atomic mass is 10.1. The Morgan fingerprint density at radius 3 is 2.69 bits per heavy atom. The topological polar surface area (TPSA) is 63.5 Å². The third kappa shape index (κ3) is 3.64.